The van der Waals surface area contributed by atoms with E-state index < -0.39 is 6.55 Å². The summed E-state index contributed by atoms with van der Waals surface area (Å²) in [6.07, 6.45) is 1.37. The molecule has 0 bridgehead atoms. The van der Waals surface area contributed by atoms with Crippen molar-refractivity contribution in [1.29, 1.82) is 0 Å². The van der Waals surface area contributed by atoms with Crippen LogP contribution in [0.1, 0.15) is 17.8 Å². The Morgan fingerprint density at radius 3 is 2.89 bits per heavy atom. The minimum atomic E-state index is -2.61. The Balaban J connectivity index is 1.90. The van der Waals surface area contributed by atoms with E-state index in [4.69, 9.17) is 4.74 Å². The third-order valence-electron chi connectivity index (χ3n) is 2.71. The van der Waals surface area contributed by atoms with Gasteiger partial charge in [0, 0.05) is 19.3 Å². The SMILES string of the molecule is COc1cccc(CNCc2ccnn2C(F)F)c1. The molecular weight excluding hydrogens is 252 g/mol. The lowest BCUT2D eigenvalue weighted by molar-refractivity contribution is 0.0531. The zero-order valence-corrected chi connectivity index (χ0v) is 10.5. The van der Waals surface area contributed by atoms with Crippen molar-refractivity contribution >= 4 is 0 Å². The fraction of sp³-hybridized carbons (Fsp3) is 0.308. The first-order valence-electron chi connectivity index (χ1n) is 5.85. The highest BCUT2D eigenvalue weighted by atomic mass is 19.3. The standard InChI is InChI=1S/C13H15F2N3O/c1-19-12-4-2-3-10(7-12)8-16-9-11-5-6-17-18(11)13(14)15/h2-7,13,16H,8-9H2,1H3. The molecule has 2 rings (SSSR count). The van der Waals surface area contributed by atoms with Crippen molar-refractivity contribution in [3.63, 3.8) is 0 Å². The molecule has 0 spiro atoms. The summed E-state index contributed by atoms with van der Waals surface area (Å²) in [5.74, 6) is 0.775. The summed E-state index contributed by atoms with van der Waals surface area (Å²) in [6, 6.07) is 9.16. The monoisotopic (exact) mass is 267 g/mol. The van der Waals surface area contributed by atoms with E-state index in [1.54, 1.807) is 13.2 Å². The number of hydrogen-bond acceptors (Lipinski definition) is 3. The molecule has 0 saturated heterocycles. The molecule has 0 amide bonds. The third kappa shape index (κ3) is 3.51. The Hall–Kier alpha value is -1.95. The van der Waals surface area contributed by atoms with Crippen LogP contribution in [0.4, 0.5) is 8.78 Å². The number of ether oxygens (including phenoxy) is 1. The van der Waals surface area contributed by atoms with Crippen molar-refractivity contribution in [2.24, 2.45) is 0 Å². The molecule has 0 atom stereocenters. The fourth-order valence-electron chi connectivity index (χ4n) is 1.77. The minimum absolute atomic E-state index is 0.335. The zero-order chi connectivity index (χ0) is 13.7. The Bertz CT molecular complexity index is 528. The number of nitrogens with zero attached hydrogens (tertiary/aromatic N) is 2. The largest absolute Gasteiger partial charge is 0.497 e. The Labute approximate surface area is 110 Å². The maximum Gasteiger partial charge on any atom is 0.333 e. The van der Waals surface area contributed by atoms with Gasteiger partial charge in [-0.15, -0.1) is 0 Å². The van der Waals surface area contributed by atoms with Crippen LogP contribution in [0.3, 0.4) is 0 Å². The Kier molecular flexibility index (Phi) is 4.46. The molecule has 1 aromatic heterocycles. The highest BCUT2D eigenvalue weighted by molar-refractivity contribution is 5.28. The van der Waals surface area contributed by atoms with Crippen LogP contribution in [0, 0.1) is 0 Å². The van der Waals surface area contributed by atoms with Crippen LogP contribution in [0.5, 0.6) is 5.75 Å². The van der Waals surface area contributed by atoms with E-state index in [0.29, 0.717) is 23.5 Å². The summed E-state index contributed by atoms with van der Waals surface area (Å²) >= 11 is 0. The fourth-order valence-corrected chi connectivity index (χ4v) is 1.77. The number of halogens is 2. The van der Waals surface area contributed by atoms with E-state index in [9.17, 15) is 8.78 Å². The number of methoxy groups -OCH3 is 1. The van der Waals surface area contributed by atoms with Gasteiger partial charge in [0.1, 0.15) is 5.75 Å². The van der Waals surface area contributed by atoms with Crippen molar-refractivity contribution < 1.29 is 13.5 Å². The average molecular weight is 267 g/mol. The van der Waals surface area contributed by atoms with E-state index in [2.05, 4.69) is 10.4 Å². The number of alkyl halides is 2. The van der Waals surface area contributed by atoms with Gasteiger partial charge in [0.15, 0.2) is 0 Å². The predicted octanol–water partition coefficient (Wildman–Crippen LogP) is 2.58. The minimum Gasteiger partial charge on any atom is -0.497 e. The molecule has 1 heterocycles. The normalized spacial score (nSPS) is 10.9. The lowest BCUT2D eigenvalue weighted by Crippen LogP contribution is -2.16. The van der Waals surface area contributed by atoms with Crippen LogP contribution in [-0.2, 0) is 13.1 Å². The molecule has 0 radical (unpaired) electrons. The molecule has 2 aromatic rings. The molecule has 4 nitrogen and oxygen atoms in total. The molecule has 0 saturated carbocycles. The summed E-state index contributed by atoms with van der Waals surface area (Å²) < 4.78 is 31.0. The highest BCUT2D eigenvalue weighted by Gasteiger charge is 2.10. The summed E-state index contributed by atoms with van der Waals surface area (Å²) in [4.78, 5) is 0. The van der Waals surface area contributed by atoms with Gasteiger partial charge in [-0.05, 0) is 23.8 Å². The first kappa shape index (κ1) is 13.5. The third-order valence-corrected chi connectivity index (χ3v) is 2.71. The smallest absolute Gasteiger partial charge is 0.333 e. The van der Waals surface area contributed by atoms with Gasteiger partial charge >= 0.3 is 6.55 Å². The van der Waals surface area contributed by atoms with Gasteiger partial charge in [-0.25, -0.2) is 4.68 Å². The van der Waals surface area contributed by atoms with E-state index in [-0.39, 0.29) is 0 Å². The molecular formula is C13H15F2N3O. The van der Waals surface area contributed by atoms with Crippen LogP contribution in [0.15, 0.2) is 36.5 Å². The van der Waals surface area contributed by atoms with Crippen LogP contribution in [-0.4, -0.2) is 16.9 Å². The lowest BCUT2D eigenvalue weighted by Gasteiger charge is -2.08. The van der Waals surface area contributed by atoms with Gasteiger partial charge in [0.2, 0.25) is 0 Å². The molecule has 0 aliphatic carbocycles. The molecule has 1 N–H and O–H groups in total. The van der Waals surface area contributed by atoms with Crippen molar-refractivity contribution in [3.05, 3.63) is 47.8 Å². The zero-order valence-electron chi connectivity index (χ0n) is 10.5. The number of nitrogens with one attached hydrogen (secondary N) is 1. The summed E-state index contributed by atoms with van der Waals surface area (Å²) in [5.41, 5.74) is 1.49. The van der Waals surface area contributed by atoms with Crippen LogP contribution >= 0.6 is 0 Å². The summed E-state index contributed by atoms with van der Waals surface area (Å²) in [5, 5.41) is 6.68. The van der Waals surface area contributed by atoms with Gasteiger partial charge in [-0.3, -0.25) is 0 Å². The maximum absolute atomic E-state index is 12.6. The molecule has 19 heavy (non-hydrogen) atoms. The molecule has 0 aliphatic rings. The van der Waals surface area contributed by atoms with Crippen LogP contribution < -0.4 is 10.1 Å². The second kappa shape index (κ2) is 6.29. The van der Waals surface area contributed by atoms with E-state index in [1.807, 2.05) is 24.3 Å². The second-order valence-corrected chi connectivity index (χ2v) is 4.00. The van der Waals surface area contributed by atoms with Crippen molar-refractivity contribution in [2.75, 3.05) is 7.11 Å². The predicted molar refractivity (Wildman–Crippen MR) is 67.0 cm³/mol. The van der Waals surface area contributed by atoms with Gasteiger partial charge in [0.25, 0.3) is 0 Å². The number of benzene rings is 1. The Morgan fingerprint density at radius 2 is 2.16 bits per heavy atom. The highest BCUT2D eigenvalue weighted by Crippen LogP contribution is 2.14. The van der Waals surface area contributed by atoms with Gasteiger partial charge < -0.3 is 10.1 Å². The molecule has 6 heteroatoms. The first-order chi connectivity index (χ1) is 9.20. The lowest BCUT2D eigenvalue weighted by atomic mass is 10.2. The van der Waals surface area contributed by atoms with Gasteiger partial charge in [-0.2, -0.15) is 13.9 Å². The van der Waals surface area contributed by atoms with Crippen molar-refractivity contribution in [2.45, 2.75) is 19.6 Å². The summed E-state index contributed by atoms with van der Waals surface area (Å²) in [7, 11) is 1.60. The molecule has 102 valence electrons. The average Bonchev–Trinajstić information content (AvgIpc) is 2.87. The number of hydrogen-bond donors (Lipinski definition) is 1. The number of aromatic nitrogens is 2. The van der Waals surface area contributed by atoms with Crippen molar-refractivity contribution in [3.8, 4) is 5.75 Å². The molecule has 0 aliphatic heterocycles. The maximum atomic E-state index is 12.6. The van der Waals surface area contributed by atoms with E-state index >= 15 is 0 Å². The van der Waals surface area contributed by atoms with Crippen LogP contribution in [0.2, 0.25) is 0 Å². The quantitative estimate of drug-likeness (QED) is 0.874. The first-order valence-corrected chi connectivity index (χ1v) is 5.85. The van der Waals surface area contributed by atoms with Gasteiger partial charge in [0.05, 0.1) is 12.8 Å². The summed E-state index contributed by atoms with van der Waals surface area (Å²) in [6.45, 7) is -1.70. The van der Waals surface area contributed by atoms with E-state index in [1.165, 1.54) is 6.20 Å². The second-order valence-electron chi connectivity index (χ2n) is 4.00. The van der Waals surface area contributed by atoms with Gasteiger partial charge in [-0.1, -0.05) is 12.1 Å². The number of rotatable bonds is 6. The topological polar surface area (TPSA) is 39.1 Å². The molecule has 0 fully saturated rings. The van der Waals surface area contributed by atoms with Crippen molar-refractivity contribution in [1.82, 2.24) is 15.1 Å². The van der Waals surface area contributed by atoms with E-state index in [0.717, 1.165) is 11.3 Å². The Morgan fingerprint density at radius 1 is 1.32 bits per heavy atom. The van der Waals surface area contributed by atoms with Crippen LogP contribution in [0.25, 0.3) is 0 Å². The molecule has 0 unspecified atom stereocenters. The molecule has 1 aromatic carbocycles.